The fourth-order valence-corrected chi connectivity index (χ4v) is 1.47. The maximum absolute atomic E-state index is 5.43. The first-order valence-corrected chi connectivity index (χ1v) is 4.84. The molecule has 2 aromatic rings. The number of nitrogens with zero attached hydrogens (tertiary/aromatic N) is 1. The van der Waals surface area contributed by atoms with Crippen molar-refractivity contribution in [1.82, 2.24) is 4.98 Å². The van der Waals surface area contributed by atoms with Crippen molar-refractivity contribution in [2.75, 3.05) is 7.11 Å². The second kappa shape index (κ2) is 4.17. The zero-order chi connectivity index (χ0) is 10.7. The molecule has 15 heavy (non-hydrogen) atoms. The largest absolute Gasteiger partial charge is 0.467 e. The van der Waals surface area contributed by atoms with E-state index in [2.05, 4.69) is 4.98 Å². The minimum atomic E-state index is 0.501. The van der Waals surface area contributed by atoms with Crippen molar-refractivity contribution in [3.8, 4) is 5.95 Å². The van der Waals surface area contributed by atoms with Crippen molar-refractivity contribution in [2.45, 2.75) is 13.3 Å². The Kier molecular flexibility index (Phi) is 2.72. The first-order valence-electron chi connectivity index (χ1n) is 4.84. The molecule has 0 aliphatic carbocycles. The lowest BCUT2D eigenvalue weighted by Crippen LogP contribution is -1.87. The summed E-state index contributed by atoms with van der Waals surface area (Å²) in [6.07, 6.45) is 0.699. The topological polar surface area (TPSA) is 35.3 Å². The van der Waals surface area contributed by atoms with E-state index in [0.29, 0.717) is 18.3 Å². The summed E-state index contributed by atoms with van der Waals surface area (Å²) in [5.74, 6) is 1.19. The van der Waals surface area contributed by atoms with Crippen LogP contribution in [0.25, 0.3) is 0 Å². The average molecular weight is 203 g/mol. The molecule has 2 rings (SSSR count). The first kappa shape index (κ1) is 9.77. The van der Waals surface area contributed by atoms with Crippen molar-refractivity contribution in [3.05, 3.63) is 47.5 Å². The van der Waals surface area contributed by atoms with Gasteiger partial charge in [0.1, 0.15) is 5.69 Å². The Balaban J connectivity index is 2.18. The van der Waals surface area contributed by atoms with Gasteiger partial charge in [0, 0.05) is 6.42 Å². The first-order chi connectivity index (χ1) is 7.29. The predicted octanol–water partition coefficient (Wildman–Crippen LogP) is 2.58. The van der Waals surface area contributed by atoms with Crippen LogP contribution < -0.4 is 4.74 Å². The number of rotatable bonds is 3. The summed E-state index contributed by atoms with van der Waals surface area (Å²) in [4.78, 5) is 4.29. The lowest BCUT2D eigenvalue weighted by atomic mass is 10.1. The zero-order valence-corrected chi connectivity index (χ0v) is 8.86. The fraction of sp³-hybridized carbons (Fsp3) is 0.250. The fourth-order valence-electron chi connectivity index (χ4n) is 1.47. The third-order valence-corrected chi connectivity index (χ3v) is 2.18. The van der Waals surface area contributed by atoms with E-state index in [-0.39, 0.29) is 0 Å². The average Bonchev–Trinajstić information content (AvgIpc) is 2.60. The van der Waals surface area contributed by atoms with Gasteiger partial charge in [-0.25, -0.2) is 4.98 Å². The van der Waals surface area contributed by atoms with E-state index in [1.54, 1.807) is 7.11 Å². The highest BCUT2D eigenvalue weighted by Gasteiger charge is 2.09. The lowest BCUT2D eigenvalue weighted by molar-refractivity contribution is 0.293. The zero-order valence-electron chi connectivity index (χ0n) is 8.86. The van der Waals surface area contributed by atoms with E-state index in [1.165, 1.54) is 5.56 Å². The second-order valence-electron chi connectivity index (χ2n) is 3.35. The van der Waals surface area contributed by atoms with E-state index < -0.39 is 0 Å². The second-order valence-corrected chi connectivity index (χ2v) is 3.35. The van der Waals surface area contributed by atoms with Gasteiger partial charge < -0.3 is 9.15 Å². The van der Waals surface area contributed by atoms with Crippen LogP contribution in [0.4, 0.5) is 0 Å². The van der Waals surface area contributed by atoms with Crippen LogP contribution in [0.15, 0.2) is 34.7 Å². The minimum Gasteiger partial charge on any atom is -0.467 e. The molecular formula is C12H13NO2. The number of hydrogen-bond donors (Lipinski definition) is 0. The molecule has 78 valence electrons. The number of ether oxygens (including phenoxy) is 1. The molecule has 0 spiro atoms. The van der Waals surface area contributed by atoms with Gasteiger partial charge in [0.25, 0.3) is 0 Å². The molecule has 0 saturated carbocycles. The Hall–Kier alpha value is -1.77. The molecule has 1 heterocycles. The number of oxazole rings is 1. The number of methoxy groups -OCH3 is 1. The standard InChI is InChI=1S/C12H13NO2/c1-9-12(14-2)15-11(13-9)8-10-6-4-3-5-7-10/h3-7H,8H2,1-2H3. The van der Waals surface area contributed by atoms with Crippen LogP contribution in [0.1, 0.15) is 17.1 Å². The molecular weight excluding hydrogens is 190 g/mol. The maximum atomic E-state index is 5.43. The molecule has 0 bridgehead atoms. The summed E-state index contributed by atoms with van der Waals surface area (Å²) in [6.45, 7) is 1.87. The molecule has 0 amide bonds. The smallest absolute Gasteiger partial charge is 0.307 e. The van der Waals surface area contributed by atoms with E-state index in [4.69, 9.17) is 9.15 Å². The van der Waals surface area contributed by atoms with Gasteiger partial charge in [-0.1, -0.05) is 30.3 Å². The molecule has 1 aromatic heterocycles. The van der Waals surface area contributed by atoms with Crippen LogP contribution in [0.3, 0.4) is 0 Å². The number of aromatic nitrogens is 1. The number of benzene rings is 1. The van der Waals surface area contributed by atoms with E-state index in [0.717, 1.165) is 5.69 Å². The van der Waals surface area contributed by atoms with Gasteiger partial charge in [0.15, 0.2) is 0 Å². The third-order valence-electron chi connectivity index (χ3n) is 2.18. The summed E-state index contributed by atoms with van der Waals surface area (Å²) in [7, 11) is 1.58. The van der Waals surface area contributed by atoms with Crippen molar-refractivity contribution >= 4 is 0 Å². The highest BCUT2D eigenvalue weighted by atomic mass is 16.6. The van der Waals surface area contributed by atoms with Crippen LogP contribution in [0, 0.1) is 6.92 Å². The SMILES string of the molecule is COc1oc(Cc2ccccc2)nc1C. The molecule has 0 radical (unpaired) electrons. The molecule has 0 atom stereocenters. The molecule has 0 saturated heterocycles. The summed E-state index contributed by atoms with van der Waals surface area (Å²) in [6, 6.07) is 10.1. The van der Waals surface area contributed by atoms with Gasteiger partial charge in [-0.2, -0.15) is 0 Å². The minimum absolute atomic E-state index is 0.501. The summed E-state index contributed by atoms with van der Waals surface area (Å²) in [5, 5.41) is 0. The van der Waals surface area contributed by atoms with Crippen LogP contribution in [-0.4, -0.2) is 12.1 Å². The summed E-state index contributed by atoms with van der Waals surface area (Å²) < 4.78 is 10.5. The van der Waals surface area contributed by atoms with E-state index in [1.807, 2.05) is 37.3 Å². The molecule has 0 fully saturated rings. The molecule has 0 aliphatic rings. The molecule has 1 aromatic carbocycles. The summed E-state index contributed by atoms with van der Waals surface area (Å²) >= 11 is 0. The van der Waals surface area contributed by atoms with Crippen LogP contribution in [0.2, 0.25) is 0 Å². The third kappa shape index (κ3) is 2.18. The summed E-state index contributed by atoms with van der Waals surface area (Å²) in [5.41, 5.74) is 1.98. The van der Waals surface area contributed by atoms with Gasteiger partial charge in [0.05, 0.1) is 7.11 Å². The molecule has 3 heteroatoms. The molecule has 0 aliphatic heterocycles. The Morgan fingerprint density at radius 1 is 1.27 bits per heavy atom. The maximum Gasteiger partial charge on any atom is 0.307 e. The quantitative estimate of drug-likeness (QED) is 0.769. The van der Waals surface area contributed by atoms with Gasteiger partial charge in [-0.15, -0.1) is 0 Å². The number of hydrogen-bond acceptors (Lipinski definition) is 3. The van der Waals surface area contributed by atoms with Crippen molar-refractivity contribution in [3.63, 3.8) is 0 Å². The van der Waals surface area contributed by atoms with Crippen LogP contribution >= 0.6 is 0 Å². The Morgan fingerprint density at radius 3 is 2.60 bits per heavy atom. The highest BCUT2D eigenvalue weighted by molar-refractivity contribution is 5.21. The lowest BCUT2D eigenvalue weighted by Gasteiger charge is -1.95. The van der Waals surface area contributed by atoms with Gasteiger partial charge in [-0.05, 0) is 12.5 Å². The predicted molar refractivity (Wildman–Crippen MR) is 57.0 cm³/mol. The van der Waals surface area contributed by atoms with Crippen molar-refractivity contribution in [2.24, 2.45) is 0 Å². The monoisotopic (exact) mass is 203 g/mol. The van der Waals surface area contributed by atoms with Crippen molar-refractivity contribution in [1.29, 1.82) is 0 Å². The normalized spacial score (nSPS) is 10.3. The molecule has 0 unspecified atom stereocenters. The van der Waals surface area contributed by atoms with Crippen LogP contribution in [0.5, 0.6) is 5.95 Å². The molecule has 0 N–H and O–H groups in total. The van der Waals surface area contributed by atoms with Gasteiger partial charge >= 0.3 is 5.95 Å². The highest BCUT2D eigenvalue weighted by Crippen LogP contribution is 2.20. The Bertz CT molecular complexity index is 434. The van der Waals surface area contributed by atoms with Gasteiger partial charge in [0.2, 0.25) is 5.89 Å². The number of aryl methyl sites for hydroxylation is 1. The van der Waals surface area contributed by atoms with Gasteiger partial charge in [-0.3, -0.25) is 0 Å². The van der Waals surface area contributed by atoms with E-state index >= 15 is 0 Å². The van der Waals surface area contributed by atoms with E-state index in [9.17, 15) is 0 Å². The Labute approximate surface area is 88.7 Å². The van der Waals surface area contributed by atoms with Crippen molar-refractivity contribution < 1.29 is 9.15 Å². The molecule has 3 nitrogen and oxygen atoms in total. The Morgan fingerprint density at radius 2 is 2.00 bits per heavy atom. The van der Waals surface area contributed by atoms with Crippen LogP contribution in [-0.2, 0) is 6.42 Å².